The number of nitrogens with one attached hydrogen (secondary N) is 2. The molecule has 3 fully saturated rings. The summed E-state index contributed by atoms with van der Waals surface area (Å²) in [5.74, 6) is -2.16. The van der Waals surface area contributed by atoms with Gasteiger partial charge in [0.05, 0.1) is 13.0 Å². The number of ether oxygens (including phenoxy) is 2. The molecule has 1 heterocycles. The molecule has 8 heteroatoms. The summed E-state index contributed by atoms with van der Waals surface area (Å²) in [6.45, 7) is 9.99. The number of hydrogen-bond donors (Lipinski definition) is 3. The van der Waals surface area contributed by atoms with E-state index in [0.717, 1.165) is 57.8 Å². The van der Waals surface area contributed by atoms with E-state index in [1.165, 1.54) is 32.1 Å². The lowest BCUT2D eigenvalue weighted by Gasteiger charge is -2.46. The van der Waals surface area contributed by atoms with Crippen LogP contribution in [0, 0.1) is 16.7 Å². The molecule has 0 bridgehead atoms. The smallest absolute Gasteiger partial charge is 0.305 e. The maximum atomic E-state index is 13.6. The van der Waals surface area contributed by atoms with Crippen molar-refractivity contribution in [3.8, 4) is 0 Å². The molecule has 1 saturated heterocycles. The van der Waals surface area contributed by atoms with Gasteiger partial charge in [-0.25, -0.2) is 0 Å². The molecular weight excluding hydrogens is 496 g/mol. The van der Waals surface area contributed by atoms with Crippen molar-refractivity contribution in [3.05, 3.63) is 0 Å². The number of carbonyl (C=O) groups is 3. The van der Waals surface area contributed by atoms with Crippen molar-refractivity contribution in [1.82, 2.24) is 10.6 Å². The molecule has 8 nitrogen and oxygen atoms in total. The van der Waals surface area contributed by atoms with Gasteiger partial charge in [-0.05, 0) is 51.9 Å². The van der Waals surface area contributed by atoms with Gasteiger partial charge in [0.2, 0.25) is 11.8 Å². The number of hydrogen-bond acceptors (Lipinski definition) is 5. The number of carboxylic acids is 1. The van der Waals surface area contributed by atoms with Crippen LogP contribution in [-0.2, 0) is 23.9 Å². The molecule has 3 rings (SSSR count). The highest BCUT2D eigenvalue weighted by Gasteiger charge is 2.48. The first-order chi connectivity index (χ1) is 18.4. The third-order valence-electron chi connectivity index (χ3n) is 9.32. The van der Waals surface area contributed by atoms with Crippen molar-refractivity contribution in [2.24, 2.45) is 16.7 Å². The van der Waals surface area contributed by atoms with E-state index in [1.54, 1.807) is 13.8 Å². The number of unbranched alkanes of at least 4 members (excludes halogenated alkanes) is 5. The Hall–Kier alpha value is -1.67. The summed E-state index contributed by atoms with van der Waals surface area (Å²) in [5, 5.41) is 16.2. The highest BCUT2D eigenvalue weighted by atomic mass is 16.7. The molecule has 2 amide bonds. The van der Waals surface area contributed by atoms with E-state index in [2.05, 4.69) is 17.6 Å². The van der Waals surface area contributed by atoms with Crippen LogP contribution in [0.15, 0.2) is 0 Å². The molecule has 4 unspecified atom stereocenters. The standard InChI is InChI=1S/C31H54N2O6/c1-6-7-8-9-10-13-17-31(18-14-19-31)28(37)33-23-16-12-11-15-22(23)24(20-25(34)35)32-27(36)26-29(2,3)21-38-30(4,5)39-26/h22-24,26H,6-21H2,1-5H3,(H,32,36)(H,33,37)(H,34,35). The molecular formula is C31H54N2O6. The zero-order valence-corrected chi connectivity index (χ0v) is 25.1. The summed E-state index contributed by atoms with van der Waals surface area (Å²) in [7, 11) is 0. The van der Waals surface area contributed by atoms with E-state index in [-0.39, 0.29) is 35.6 Å². The van der Waals surface area contributed by atoms with Gasteiger partial charge < -0.3 is 25.2 Å². The van der Waals surface area contributed by atoms with E-state index in [1.807, 2.05) is 13.8 Å². The molecule has 1 aliphatic heterocycles. The fraction of sp³-hybridized carbons (Fsp3) is 0.903. The fourth-order valence-electron chi connectivity index (χ4n) is 6.66. The predicted molar refractivity (Wildman–Crippen MR) is 151 cm³/mol. The van der Waals surface area contributed by atoms with Gasteiger partial charge in [0.25, 0.3) is 0 Å². The largest absolute Gasteiger partial charge is 0.481 e. The van der Waals surface area contributed by atoms with Gasteiger partial charge in [-0.3, -0.25) is 14.4 Å². The van der Waals surface area contributed by atoms with Crippen molar-refractivity contribution in [2.45, 2.75) is 155 Å². The molecule has 0 aromatic carbocycles. The predicted octanol–water partition coefficient (Wildman–Crippen LogP) is 5.72. The first kappa shape index (κ1) is 31.9. The average molecular weight is 551 g/mol. The van der Waals surface area contributed by atoms with Crippen LogP contribution in [0.2, 0.25) is 0 Å². The van der Waals surface area contributed by atoms with Crippen molar-refractivity contribution < 1.29 is 29.0 Å². The molecule has 0 radical (unpaired) electrons. The Kier molecular flexibility index (Phi) is 11.3. The van der Waals surface area contributed by atoms with E-state index in [9.17, 15) is 19.5 Å². The van der Waals surface area contributed by atoms with Crippen LogP contribution >= 0.6 is 0 Å². The van der Waals surface area contributed by atoms with Gasteiger partial charge in [-0.15, -0.1) is 0 Å². The minimum absolute atomic E-state index is 0.134. The second-order valence-electron chi connectivity index (χ2n) is 13.6. The lowest BCUT2D eigenvalue weighted by Crippen LogP contribution is -2.60. The van der Waals surface area contributed by atoms with Crippen molar-refractivity contribution in [3.63, 3.8) is 0 Å². The number of carboxylic acid groups (broad SMARTS) is 1. The highest BCUT2D eigenvalue weighted by Crippen LogP contribution is 2.46. The zero-order chi connectivity index (χ0) is 28.7. The van der Waals surface area contributed by atoms with E-state index in [0.29, 0.717) is 6.61 Å². The van der Waals surface area contributed by atoms with Crippen LogP contribution in [0.25, 0.3) is 0 Å². The van der Waals surface area contributed by atoms with Crippen LogP contribution in [-0.4, -0.2) is 53.5 Å². The molecule has 39 heavy (non-hydrogen) atoms. The summed E-state index contributed by atoms with van der Waals surface area (Å²) in [6.07, 6.45) is 13.8. The monoisotopic (exact) mass is 550 g/mol. The first-order valence-electron chi connectivity index (χ1n) is 15.5. The number of rotatable bonds is 14. The molecule has 2 aliphatic carbocycles. The Bertz CT molecular complexity index is 837. The van der Waals surface area contributed by atoms with Crippen LogP contribution in [0.3, 0.4) is 0 Å². The lowest BCUT2D eigenvalue weighted by atomic mass is 9.64. The van der Waals surface area contributed by atoms with E-state index < -0.39 is 29.3 Å². The summed E-state index contributed by atoms with van der Waals surface area (Å²) in [6, 6.07) is -0.722. The maximum Gasteiger partial charge on any atom is 0.305 e. The second kappa shape index (κ2) is 13.8. The molecule has 3 aliphatic rings. The van der Waals surface area contributed by atoms with Crippen LogP contribution < -0.4 is 10.6 Å². The maximum absolute atomic E-state index is 13.6. The lowest BCUT2D eigenvalue weighted by molar-refractivity contribution is -0.304. The Morgan fingerprint density at radius 2 is 1.62 bits per heavy atom. The summed E-state index contributed by atoms with van der Waals surface area (Å²) in [4.78, 5) is 39.1. The van der Waals surface area contributed by atoms with Crippen LogP contribution in [0.4, 0.5) is 0 Å². The van der Waals surface area contributed by atoms with E-state index in [4.69, 9.17) is 9.47 Å². The SMILES string of the molecule is CCCCCCCCC1(C(=O)NC2CCCCC2C(CC(=O)O)NC(=O)C2OC(C)(C)OCC2(C)C)CCC1. The third kappa shape index (κ3) is 8.66. The van der Waals surface area contributed by atoms with E-state index >= 15 is 0 Å². The molecule has 2 saturated carbocycles. The van der Waals surface area contributed by atoms with Gasteiger partial charge in [0, 0.05) is 22.9 Å². The Morgan fingerprint density at radius 1 is 0.949 bits per heavy atom. The summed E-state index contributed by atoms with van der Waals surface area (Å²) >= 11 is 0. The Balaban J connectivity index is 1.67. The molecule has 0 aromatic rings. The van der Waals surface area contributed by atoms with Crippen molar-refractivity contribution in [2.75, 3.05) is 6.61 Å². The quantitative estimate of drug-likeness (QED) is 0.238. The number of amides is 2. The minimum Gasteiger partial charge on any atom is -0.481 e. The molecule has 3 N–H and O–H groups in total. The topological polar surface area (TPSA) is 114 Å². The average Bonchev–Trinajstić information content (AvgIpc) is 2.84. The summed E-state index contributed by atoms with van der Waals surface area (Å²) < 4.78 is 11.8. The highest BCUT2D eigenvalue weighted by molar-refractivity contribution is 5.84. The van der Waals surface area contributed by atoms with Gasteiger partial charge in [0.15, 0.2) is 5.79 Å². The molecule has 4 atom stereocenters. The minimum atomic E-state index is -0.957. The van der Waals surface area contributed by atoms with Crippen molar-refractivity contribution >= 4 is 17.8 Å². The van der Waals surface area contributed by atoms with Gasteiger partial charge in [-0.2, -0.15) is 0 Å². The normalized spacial score (nSPS) is 28.1. The molecule has 0 aromatic heterocycles. The molecule has 0 spiro atoms. The number of carbonyl (C=O) groups excluding carboxylic acids is 2. The summed E-state index contributed by atoms with van der Waals surface area (Å²) in [5.41, 5.74) is -0.829. The Labute approximate surface area is 235 Å². The zero-order valence-electron chi connectivity index (χ0n) is 25.1. The van der Waals surface area contributed by atoms with Gasteiger partial charge >= 0.3 is 5.97 Å². The van der Waals surface area contributed by atoms with Gasteiger partial charge in [-0.1, -0.05) is 78.6 Å². The van der Waals surface area contributed by atoms with Crippen LogP contribution in [0.1, 0.15) is 131 Å². The third-order valence-corrected chi connectivity index (χ3v) is 9.32. The Morgan fingerprint density at radius 3 is 2.26 bits per heavy atom. The second-order valence-corrected chi connectivity index (χ2v) is 13.6. The van der Waals surface area contributed by atoms with Crippen molar-refractivity contribution in [1.29, 1.82) is 0 Å². The fourth-order valence-corrected chi connectivity index (χ4v) is 6.66. The molecule has 224 valence electrons. The van der Waals surface area contributed by atoms with Gasteiger partial charge in [0.1, 0.15) is 6.10 Å². The van der Waals surface area contributed by atoms with Crippen LogP contribution in [0.5, 0.6) is 0 Å². The first-order valence-corrected chi connectivity index (χ1v) is 15.5. The number of aliphatic carboxylic acids is 1.